The van der Waals surface area contributed by atoms with Gasteiger partial charge in [-0.3, -0.25) is 0 Å². The van der Waals surface area contributed by atoms with Crippen LogP contribution in [-0.2, 0) is 0 Å². The molecule has 0 radical (unpaired) electrons. The van der Waals surface area contributed by atoms with Crippen LogP contribution in [-0.4, -0.2) is 6.61 Å². The van der Waals surface area contributed by atoms with Crippen LogP contribution in [0.5, 0.6) is 5.75 Å². The first-order valence-electron chi connectivity index (χ1n) is 3.51. The van der Waals surface area contributed by atoms with Crippen molar-refractivity contribution >= 4 is 21.6 Å². The van der Waals surface area contributed by atoms with Crippen molar-refractivity contribution in [3.8, 4) is 5.75 Å². The van der Waals surface area contributed by atoms with Crippen LogP contribution in [0.15, 0.2) is 16.6 Å². The Bertz CT molecular complexity index is 294. The highest BCUT2D eigenvalue weighted by Gasteiger charge is 2.07. The van der Waals surface area contributed by atoms with Gasteiger partial charge in [0, 0.05) is 10.2 Å². The van der Waals surface area contributed by atoms with Crippen LogP contribution in [0.2, 0.25) is 0 Å². The molecule has 2 N–H and O–H groups in total. The van der Waals surface area contributed by atoms with Crippen molar-refractivity contribution in [1.29, 1.82) is 0 Å². The zero-order chi connectivity index (χ0) is 10.0. The highest BCUT2D eigenvalue weighted by atomic mass is 79.9. The fraction of sp³-hybridized carbons (Fsp3) is 0.250. The first kappa shape index (κ1) is 10.2. The Morgan fingerprint density at radius 1 is 1.46 bits per heavy atom. The molecule has 13 heavy (non-hydrogen) atoms. The number of nitrogens with two attached hydrogens (primary N) is 1. The van der Waals surface area contributed by atoms with Gasteiger partial charge in [0.15, 0.2) is 0 Å². The molecule has 0 aromatic heterocycles. The van der Waals surface area contributed by atoms with Crippen molar-refractivity contribution in [2.75, 3.05) is 5.73 Å². The summed E-state index contributed by atoms with van der Waals surface area (Å²) in [7, 11) is 0. The molecular weight excluding hydrogens is 244 g/mol. The van der Waals surface area contributed by atoms with E-state index in [1.54, 1.807) is 6.92 Å². The molecule has 72 valence electrons. The van der Waals surface area contributed by atoms with Gasteiger partial charge in [-0.1, -0.05) is 0 Å². The van der Waals surface area contributed by atoms with Crippen molar-refractivity contribution < 1.29 is 13.5 Å². The van der Waals surface area contributed by atoms with Crippen LogP contribution >= 0.6 is 15.9 Å². The van der Waals surface area contributed by atoms with E-state index in [1.165, 1.54) is 12.1 Å². The number of aryl methyl sites for hydroxylation is 1. The predicted molar refractivity (Wildman–Crippen MR) is 49.9 cm³/mol. The molecule has 0 fully saturated rings. The van der Waals surface area contributed by atoms with E-state index in [2.05, 4.69) is 20.7 Å². The molecule has 1 rings (SSSR count). The van der Waals surface area contributed by atoms with Crippen LogP contribution in [0.25, 0.3) is 0 Å². The van der Waals surface area contributed by atoms with E-state index in [9.17, 15) is 8.78 Å². The van der Waals surface area contributed by atoms with Crippen molar-refractivity contribution in [3.05, 3.63) is 22.2 Å². The Kier molecular flexibility index (Phi) is 3.08. The van der Waals surface area contributed by atoms with Gasteiger partial charge in [0.25, 0.3) is 0 Å². The topological polar surface area (TPSA) is 35.2 Å². The summed E-state index contributed by atoms with van der Waals surface area (Å²) in [6.45, 7) is -1.09. The maximum atomic E-state index is 11.8. The molecule has 0 aliphatic carbocycles. The van der Waals surface area contributed by atoms with Gasteiger partial charge in [-0.15, -0.1) is 0 Å². The fourth-order valence-electron chi connectivity index (χ4n) is 0.895. The third-order valence-corrected chi connectivity index (χ3v) is 2.19. The van der Waals surface area contributed by atoms with Crippen LogP contribution in [0.1, 0.15) is 5.56 Å². The molecule has 0 aliphatic rings. The van der Waals surface area contributed by atoms with Gasteiger partial charge in [0.1, 0.15) is 5.75 Å². The van der Waals surface area contributed by atoms with Crippen molar-refractivity contribution in [1.82, 2.24) is 0 Å². The molecule has 0 saturated heterocycles. The standard InChI is InChI=1S/C8H8BrF2NO/c1-4-2-5(13-8(10)11)3-6(9)7(4)12/h2-3,8H,12H2,1H3. The lowest BCUT2D eigenvalue weighted by molar-refractivity contribution is -0.0498. The number of benzene rings is 1. The minimum Gasteiger partial charge on any atom is -0.435 e. The van der Waals surface area contributed by atoms with Crippen molar-refractivity contribution in [2.45, 2.75) is 13.5 Å². The minimum atomic E-state index is -2.81. The summed E-state index contributed by atoms with van der Waals surface area (Å²) in [5, 5.41) is 0. The number of rotatable bonds is 2. The maximum absolute atomic E-state index is 11.8. The van der Waals surface area contributed by atoms with Gasteiger partial charge >= 0.3 is 6.61 Å². The number of ether oxygens (including phenoxy) is 1. The number of hydrogen-bond donors (Lipinski definition) is 1. The van der Waals surface area contributed by atoms with Gasteiger partial charge in [-0.2, -0.15) is 8.78 Å². The minimum absolute atomic E-state index is 0.105. The SMILES string of the molecule is Cc1cc(OC(F)F)cc(Br)c1N. The maximum Gasteiger partial charge on any atom is 0.387 e. The molecule has 0 atom stereocenters. The molecule has 0 amide bonds. The number of hydrogen-bond acceptors (Lipinski definition) is 2. The second-order valence-electron chi connectivity index (χ2n) is 2.51. The van der Waals surface area contributed by atoms with E-state index in [1.807, 2.05) is 0 Å². The lowest BCUT2D eigenvalue weighted by atomic mass is 10.2. The zero-order valence-electron chi connectivity index (χ0n) is 6.85. The summed E-state index contributed by atoms with van der Waals surface area (Å²) in [6.07, 6.45) is 0. The van der Waals surface area contributed by atoms with Crippen LogP contribution in [0, 0.1) is 6.92 Å². The molecule has 1 aromatic rings. The number of anilines is 1. The smallest absolute Gasteiger partial charge is 0.387 e. The molecular formula is C8H8BrF2NO. The normalized spacial score (nSPS) is 10.5. The third-order valence-electron chi connectivity index (χ3n) is 1.54. The number of halogens is 3. The Labute approximate surface area is 82.8 Å². The van der Waals surface area contributed by atoms with E-state index < -0.39 is 6.61 Å². The van der Waals surface area contributed by atoms with E-state index >= 15 is 0 Å². The van der Waals surface area contributed by atoms with E-state index in [4.69, 9.17) is 5.73 Å². The van der Waals surface area contributed by atoms with Crippen LogP contribution in [0.3, 0.4) is 0 Å². The molecule has 0 bridgehead atoms. The molecule has 0 saturated carbocycles. The van der Waals surface area contributed by atoms with E-state index in [0.717, 1.165) is 0 Å². The summed E-state index contributed by atoms with van der Waals surface area (Å²) in [5.41, 5.74) is 6.82. The lowest BCUT2D eigenvalue weighted by Crippen LogP contribution is -2.03. The first-order valence-corrected chi connectivity index (χ1v) is 4.30. The Morgan fingerprint density at radius 3 is 2.54 bits per heavy atom. The van der Waals surface area contributed by atoms with Gasteiger partial charge in [-0.05, 0) is 40.5 Å². The summed E-state index contributed by atoms with van der Waals surface area (Å²) >= 11 is 3.14. The molecule has 2 nitrogen and oxygen atoms in total. The average Bonchev–Trinajstić information content (AvgIpc) is 1.98. The van der Waals surface area contributed by atoms with Gasteiger partial charge < -0.3 is 10.5 Å². The third kappa shape index (κ3) is 2.55. The molecule has 0 unspecified atom stereocenters. The van der Waals surface area contributed by atoms with E-state index in [0.29, 0.717) is 15.7 Å². The van der Waals surface area contributed by atoms with Gasteiger partial charge in [0.05, 0.1) is 0 Å². The second kappa shape index (κ2) is 3.91. The molecule has 1 aromatic carbocycles. The van der Waals surface area contributed by atoms with Crippen molar-refractivity contribution in [3.63, 3.8) is 0 Å². The number of nitrogen functional groups attached to an aromatic ring is 1. The fourth-order valence-corrected chi connectivity index (χ4v) is 1.43. The van der Waals surface area contributed by atoms with Crippen LogP contribution < -0.4 is 10.5 Å². The summed E-state index contributed by atoms with van der Waals surface area (Å²) in [6, 6.07) is 2.88. The average molecular weight is 252 g/mol. The first-order chi connectivity index (χ1) is 6.00. The quantitative estimate of drug-likeness (QED) is 0.821. The second-order valence-corrected chi connectivity index (χ2v) is 3.37. The largest absolute Gasteiger partial charge is 0.435 e. The highest BCUT2D eigenvalue weighted by molar-refractivity contribution is 9.10. The Hall–Kier alpha value is -0.840. The van der Waals surface area contributed by atoms with E-state index in [-0.39, 0.29) is 5.75 Å². The highest BCUT2D eigenvalue weighted by Crippen LogP contribution is 2.29. The predicted octanol–water partition coefficient (Wildman–Crippen LogP) is 2.94. The van der Waals surface area contributed by atoms with Gasteiger partial charge in [-0.25, -0.2) is 0 Å². The molecule has 0 heterocycles. The molecule has 5 heteroatoms. The van der Waals surface area contributed by atoms with Gasteiger partial charge in [0.2, 0.25) is 0 Å². The Balaban J connectivity index is 2.99. The lowest BCUT2D eigenvalue weighted by Gasteiger charge is -2.08. The monoisotopic (exact) mass is 251 g/mol. The molecule has 0 aliphatic heterocycles. The zero-order valence-corrected chi connectivity index (χ0v) is 8.44. The summed E-state index contributed by atoms with van der Waals surface area (Å²) in [4.78, 5) is 0. The summed E-state index contributed by atoms with van der Waals surface area (Å²) < 4.78 is 28.4. The number of alkyl halides is 2. The summed E-state index contributed by atoms with van der Waals surface area (Å²) in [5.74, 6) is 0.105. The van der Waals surface area contributed by atoms with Crippen LogP contribution in [0.4, 0.5) is 14.5 Å². The Morgan fingerprint density at radius 2 is 2.08 bits per heavy atom. The van der Waals surface area contributed by atoms with Crippen molar-refractivity contribution in [2.24, 2.45) is 0 Å². The molecule has 0 spiro atoms.